The molecule has 0 heterocycles. The fraction of sp³-hybridized carbons (Fsp3) is 0.595. The topological polar surface area (TPSA) is 345 Å². The first-order chi connectivity index (χ1) is 28.0. The van der Waals surface area contributed by atoms with E-state index >= 15 is 0 Å². The van der Waals surface area contributed by atoms with Crippen LogP contribution in [-0.4, -0.2) is 121 Å². The fourth-order valence-corrected chi connectivity index (χ4v) is 5.68. The molecule has 0 bridgehead atoms. The Labute approximate surface area is 347 Å². The van der Waals surface area contributed by atoms with Gasteiger partial charge in [0.1, 0.15) is 42.3 Å². The van der Waals surface area contributed by atoms with Crippen LogP contribution < -0.4 is 37.6 Å². The second-order valence-corrected chi connectivity index (χ2v) is 15.8. The van der Waals surface area contributed by atoms with Gasteiger partial charge in [0.25, 0.3) is 10.1 Å². The standard InChI is InChI=1S/C37H57N7O15S/c1-21(2)31(35(52)43-26(7-6-16-39-37(38)54)32(49)40-25-10-8-24(9-11-25)19-59-36(53)22(3)4)44-33(50)27(12-13-30(47)48)42-34(51)28(20-60(55,56)57)41-29(46)15-18-58-17-14-23(5)45/h8-11,21-22,26-28,31H,6-7,12-20H2,1-5H3,(H,40,49)(H,41,46)(H,42,51)(H,43,52)(H,44,50)(H,47,48)(H3,38,39,54)(H,55,56,57)/t26-,27-,28-,31-/m0/s1. The summed E-state index contributed by atoms with van der Waals surface area (Å²) in [5, 5.41) is 23.7. The van der Waals surface area contributed by atoms with Gasteiger partial charge in [-0.2, -0.15) is 8.42 Å². The van der Waals surface area contributed by atoms with Crippen LogP contribution in [-0.2, 0) is 64.6 Å². The quantitative estimate of drug-likeness (QED) is 0.0291. The van der Waals surface area contributed by atoms with Crippen molar-refractivity contribution in [1.82, 2.24) is 26.6 Å². The first-order valence-corrected chi connectivity index (χ1v) is 20.6. The van der Waals surface area contributed by atoms with Gasteiger partial charge in [-0.3, -0.25) is 42.9 Å². The predicted molar refractivity (Wildman–Crippen MR) is 213 cm³/mol. The van der Waals surface area contributed by atoms with Crippen molar-refractivity contribution in [2.24, 2.45) is 17.6 Å². The highest BCUT2D eigenvalue weighted by molar-refractivity contribution is 7.85. The highest BCUT2D eigenvalue weighted by Crippen LogP contribution is 2.14. The smallest absolute Gasteiger partial charge is 0.312 e. The van der Waals surface area contributed by atoms with Crippen LogP contribution in [0.2, 0.25) is 0 Å². The molecule has 0 radical (unpaired) electrons. The number of benzene rings is 1. The van der Waals surface area contributed by atoms with Crippen LogP contribution in [0.4, 0.5) is 10.5 Å². The van der Waals surface area contributed by atoms with Crippen molar-refractivity contribution >= 4 is 69.1 Å². The molecule has 0 unspecified atom stereocenters. The Bertz CT molecular complexity index is 1770. The van der Waals surface area contributed by atoms with Crippen LogP contribution in [0.1, 0.15) is 78.7 Å². The number of urea groups is 1. The van der Waals surface area contributed by atoms with Crippen LogP contribution in [0, 0.1) is 11.8 Å². The number of ether oxygens (including phenoxy) is 2. The number of ketones is 1. The molecule has 1 aromatic carbocycles. The summed E-state index contributed by atoms with van der Waals surface area (Å²) in [5.74, 6) is -9.06. The Balaban J connectivity index is 3.22. The van der Waals surface area contributed by atoms with Crippen molar-refractivity contribution in [2.75, 3.05) is 30.8 Å². The van der Waals surface area contributed by atoms with E-state index in [4.69, 9.17) is 15.2 Å². The van der Waals surface area contributed by atoms with Gasteiger partial charge >= 0.3 is 18.0 Å². The Morgan fingerprint density at radius 3 is 1.88 bits per heavy atom. The number of aliphatic carboxylic acids is 1. The normalized spacial score (nSPS) is 13.2. The molecule has 60 heavy (non-hydrogen) atoms. The molecule has 4 atom stereocenters. The molecule has 0 aliphatic heterocycles. The Hall–Kier alpha value is -5.68. The summed E-state index contributed by atoms with van der Waals surface area (Å²) in [7, 11) is -4.91. The lowest BCUT2D eigenvalue weighted by Gasteiger charge is -2.28. The maximum Gasteiger partial charge on any atom is 0.312 e. The van der Waals surface area contributed by atoms with E-state index in [0.717, 1.165) is 0 Å². The Kier molecular flexibility index (Phi) is 23.1. The summed E-state index contributed by atoms with van der Waals surface area (Å²) in [6.45, 7) is 7.65. The molecule has 23 heteroatoms. The van der Waals surface area contributed by atoms with Crippen LogP contribution >= 0.6 is 0 Å². The number of hydrogen-bond acceptors (Lipinski definition) is 13. The number of Topliss-reactive ketones (excluding diaryl/α,β-unsaturated/α-hetero) is 1. The number of rotatable bonds is 28. The molecule has 0 aliphatic rings. The molecule has 0 aliphatic carbocycles. The molecule has 0 aromatic heterocycles. The zero-order chi connectivity index (χ0) is 45.6. The van der Waals surface area contributed by atoms with E-state index in [1.807, 2.05) is 0 Å². The predicted octanol–water partition coefficient (Wildman–Crippen LogP) is -0.494. The number of carboxylic acid groups (broad SMARTS) is 1. The summed E-state index contributed by atoms with van der Waals surface area (Å²) in [6, 6.07) is -0.806. The van der Waals surface area contributed by atoms with Gasteiger partial charge in [0.15, 0.2) is 0 Å². The highest BCUT2D eigenvalue weighted by Gasteiger charge is 2.34. The van der Waals surface area contributed by atoms with Gasteiger partial charge in [-0.05, 0) is 49.8 Å². The molecule has 0 fully saturated rings. The number of primary amides is 1. The van der Waals surface area contributed by atoms with Gasteiger partial charge in [0.05, 0.1) is 19.1 Å². The number of carbonyl (C=O) groups excluding carboxylic acids is 8. The number of carboxylic acids is 1. The molecule has 22 nitrogen and oxygen atoms in total. The van der Waals surface area contributed by atoms with Crippen LogP contribution in [0.25, 0.3) is 0 Å². The maximum absolute atomic E-state index is 13.7. The molecule has 7 amide bonds. The summed E-state index contributed by atoms with van der Waals surface area (Å²) < 4.78 is 43.3. The third-order valence-corrected chi connectivity index (χ3v) is 9.06. The summed E-state index contributed by atoms with van der Waals surface area (Å²) in [5.41, 5.74) is 6.09. The summed E-state index contributed by atoms with van der Waals surface area (Å²) in [6.07, 6.45) is -1.41. The van der Waals surface area contributed by atoms with Gasteiger partial charge in [0, 0.05) is 31.5 Å². The summed E-state index contributed by atoms with van der Waals surface area (Å²) >= 11 is 0. The minimum atomic E-state index is -4.91. The molecule has 1 aromatic rings. The van der Waals surface area contributed by atoms with E-state index in [1.165, 1.54) is 6.92 Å². The first-order valence-electron chi connectivity index (χ1n) is 19.0. The number of esters is 1. The molecular weight excluding hydrogens is 815 g/mol. The van der Waals surface area contributed by atoms with Crippen molar-refractivity contribution in [3.8, 4) is 0 Å². The van der Waals surface area contributed by atoms with E-state index < -0.39 is 100 Å². The van der Waals surface area contributed by atoms with Crippen LogP contribution in [0.3, 0.4) is 0 Å². The number of amides is 7. The lowest BCUT2D eigenvalue weighted by molar-refractivity contribution is -0.148. The van der Waals surface area contributed by atoms with E-state index in [2.05, 4.69) is 31.9 Å². The summed E-state index contributed by atoms with van der Waals surface area (Å²) in [4.78, 5) is 112. The van der Waals surface area contributed by atoms with Gasteiger partial charge in [-0.25, -0.2) is 4.79 Å². The third-order valence-electron chi connectivity index (χ3n) is 8.30. The van der Waals surface area contributed by atoms with Crippen molar-refractivity contribution in [3.63, 3.8) is 0 Å². The monoisotopic (exact) mass is 871 g/mol. The van der Waals surface area contributed by atoms with Crippen LogP contribution in [0.15, 0.2) is 24.3 Å². The van der Waals surface area contributed by atoms with Gasteiger partial charge in [-0.15, -0.1) is 0 Å². The van der Waals surface area contributed by atoms with Crippen molar-refractivity contribution in [2.45, 2.75) is 104 Å². The second kappa shape index (κ2) is 26.4. The van der Waals surface area contributed by atoms with Crippen LogP contribution in [0.5, 0.6) is 0 Å². The average Bonchev–Trinajstić information content (AvgIpc) is 3.14. The third kappa shape index (κ3) is 22.5. The number of anilines is 1. The second-order valence-electron chi connectivity index (χ2n) is 14.3. The molecular formula is C37H57N7O15S. The van der Waals surface area contributed by atoms with Gasteiger partial charge in [-0.1, -0.05) is 39.8 Å². The SMILES string of the molecule is CC(=O)CCOCCC(=O)N[C@@H](CS(=O)(=O)O)C(=O)N[C@@H](CCC(=O)O)C(=O)N[C@H](C(=O)N[C@@H](CCCNC(N)=O)C(=O)Nc1ccc(COC(=O)C(C)C)cc1)C(C)C. The van der Waals surface area contributed by atoms with Gasteiger partial charge in [0.2, 0.25) is 29.5 Å². The maximum atomic E-state index is 13.7. The van der Waals surface area contributed by atoms with E-state index in [1.54, 1.807) is 52.0 Å². The molecule has 0 saturated carbocycles. The van der Waals surface area contributed by atoms with Crippen molar-refractivity contribution in [3.05, 3.63) is 29.8 Å². The number of hydrogen-bond donors (Lipinski definition) is 9. The number of nitrogens with one attached hydrogen (secondary N) is 6. The number of carbonyl (C=O) groups is 9. The molecule has 0 saturated heterocycles. The largest absolute Gasteiger partial charge is 0.481 e. The average molecular weight is 872 g/mol. The van der Waals surface area contributed by atoms with Crippen molar-refractivity contribution < 1.29 is 70.7 Å². The minimum absolute atomic E-state index is 0.00226. The van der Waals surface area contributed by atoms with E-state index in [9.17, 15) is 61.2 Å². The van der Waals surface area contributed by atoms with E-state index in [-0.39, 0.29) is 69.7 Å². The Morgan fingerprint density at radius 2 is 1.33 bits per heavy atom. The van der Waals surface area contributed by atoms with Gasteiger partial charge < -0.3 is 52.2 Å². The molecule has 1 rings (SSSR count). The molecule has 336 valence electrons. The van der Waals surface area contributed by atoms with E-state index in [0.29, 0.717) is 11.3 Å². The highest BCUT2D eigenvalue weighted by atomic mass is 32.2. The molecule has 0 spiro atoms. The zero-order valence-corrected chi connectivity index (χ0v) is 35.1. The lowest BCUT2D eigenvalue weighted by atomic mass is 10.0. The Morgan fingerprint density at radius 1 is 0.750 bits per heavy atom. The minimum Gasteiger partial charge on any atom is -0.481 e. The molecule has 10 N–H and O–H groups in total. The lowest BCUT2D eigenvalue weighted by Crippen LogP contribution is -2.59. The van der Waals surface area contributed by atoms with Crippen molar-refractivity contribution in [1.29, 1.82) is 0 Å². The number of nitrogens with two attached hydrogens (primary N) is 1. The fourth-order valence-electron chi connectivity index (χ4n) is 5.02. The zero-order valence-electron chi connectivity index (χ0n) is 34.2. The first kappa shape index (κ1) is 52.3.